The second-order valence-electron chi connectivity index (χ2n) is 3.83. The van der Waals surface area contributed by atoms with E-state index in [0.29, 0.717) is 27.8 Å². The first-order valence-electron chi connectivity index (χ1n) is 5.29. The smallest absolute Gasteiger partial charge is 0.153 e. The summed E-state index contributed by atoms with van der Waals surface area (Å²) in [5, 5.41) is 12.6. The summed E-state index contributed by atoms with van der Waals surface area (Å²) < 4.78 is 0. The Morgan fingerprint density at radius 3 is 2.89 bits per heavy atom. The van der Waals surface area contributed by atoms with E-state index in [4.69, 9.17) is 22.6 Å². The number of pyridine rings is 1. The van der Waals surface area contributed by atoms with Gasteiger partial charge in [-0.15, -0.1) is 0 Å². The normalized spacial score (nSPS) is 9.83. The third-order valence-electron chi connectivity index (χ3n) is 2.52. The molecule has 0 radical (unpaired) electrons. The molecule has 5 heteroatoms. The van der Waals surface area contributed by atoms with Gasteiger partial charge in [0.2, 0.25) is 0 Å². The summed E-state index contributed by atoms with van der Waals surface area (Å²) in [7, 11) is 0. The van der Waals surface area contributed by atoms with Gasteiger partial charge in [0.1, 0.15) is 6.07 Å². The number of aryl methyl sites for hydroxylation is 1. The number of nitrogens with zero attached hydrogens (tertiary/aromatic N) is 2. The fourth-order valence-electron chi connectivity index (χ4n) is 1.61. The first-order valence-corrected chi connectivity index (χ1v) is 5.67. The fourth-order valence-corrected chi connectivity index (χ4v) is 1.77. The standard InChI is InChI=1S/C13H11ClN4/c1-8-3-2-4-12(10(8)6-15)18-13-11(16)5-9(14)7-17-13/h2-5,7H,16H2,1H3,(H,17,18). The van der Waals surface area contributed by atoms with E-state index in [9.17, 15) is 0 Å². The average molecular weight is 259 g/mol. The van der Waals surface area contributed by atoms with Crippen molar-refractivity contribution in [3.05, 3.63) is 46.6 Å². The minimum absolute atomic E-state index is 0.438. The Balaban J connectivity index is 2.41. The van der Waals surface area contributed by atoms with Gasteiger partial charge < -0.3 is 11.1 Å². The Bertz CT molecular complexity index is 631. The van der Waals surface area contributed by atoms with Crippen molar-refractivity contribution < 1.29 is 0 Å². The van der Waals surface area contributed by atoms with Crippen LogP contribution in [0, 0.1) is 18.3 Å². The van der Waals surface area contributed by atoms with E-state index in [1.807, 2.05) is 19.1 Å². The second-order valence-corrected chi connectivity index (χ2v) is 4.26. The average Bonchev–Trinajstić information content (AvgIpc) is 2.33. The van der Waals surface area contributed by atoms with Crippen LogP contribution in [0.15, 0.2) is 30.5 Å². The lowest BCUT2D eigenvalue weighted by atomic mass is 10.1. The molecule has 3 N–H and O–H groups in total. The number of nitrogen functional groups attached to an aromatic ring is 1. The van der Waals surface area contributed by atoms with Crippen molar-refractivity contribution in [2.45, 2.75) is 6.92 Å². The Morgan fingerprint density at radius 1 is 1.44 bits per heavy atom. The number of hydrogen-bond donors (Lipinski definition) is 2. The van der Waals surface area contributed by atoms with E-state index in [1.165, 1.54) is 6.20 Å². The number of hydrogen-bond acceptors (Lipinski definition) is 4. The Hall–Kier alpha value is -2.25. The molecule has 0 saturated heterocycles. The van der Waals surface area contributed by atoms with Gasteiger partial charge >= 0.3 is 0 Å². The zero-order valence-corrected chi connectivity index (χ0v) is 10.5. The van der Waals surface area contributed by atoms with Gasteiger partial charge in [0.25, 0.3) is 0 Å². The zero-order valence-electron chi connectivity index (χ0n) is 9.74. The minimum Gasteiger partial charge on any atom is -0.396 e. The molecule has 0 aliphatic carbocycles. The first kappa shape index (κ1) is 12.2. The third kappa shape index (κ3) is 2.36. The molecule has 1 aromatic heterocycles. The van der Waals surface area contributed by atoms with Gasteiger partial charge in [0.15, 0.2) is 5.82 Å². The van der Waals surface area contributed by atoms with Crippen molar-refractivity contribution in [2.75, 3.05) is 11.1 Å². The maximum Gasteiger partial charge on any atom is 0.153 e. The largest absolute Gasteiger partial charge is 0.396 e. The lowest BCUT2D eigenvalue weighted by Gasteiger charge is -2.11. The predicted octanol–water partition coefficient (Wildman–Crippen LogP) is 3.24. The predicted molar refractivity (Wildman–Crippen MR) is 72.8 cm³/mol. The molecular weight excluding hydrogens is 248 g/mol. The van der Waals surface area contributed by atoms with Crippen LogP contribution in [0.5, 0.6) is 0 Å². The van der Waals surface area contributed by atoms with E-state index in [2.05, 4.69) is 16.4 Å². The van der Waals surface area contributed by atoms with Crippen LogP contribution in [0.25, 0.3) is 0 Å². The van der Waals surface area contributed by atoms with E-state index < -0.39 is 0 Å². The maximum absolute atomic E-state index is 9.13. The molecule has 0 atom stereocenters. The monoisotopic (exact) mass is 258 g/mol. The first-order chi connectivity index (χ1) is 8.61. The molecule has 18 heavy (non-hydrogen) atoms. The summed E-state index contributed by atoms with van der Waals surface area (Å²) in [6.45, 7) is 1.88. The van der Waals surface area contributed by atoms with E-state index in [0.717, 1.165) is 5.56 Å². The second kappa shape index (κ2) is 4.94. The Kier molecular flexibility index (Phi) is 3.35. The minimum atomic E-state index is 0.438. The number of anilines is 3. The van der Waals surface area contributed by atoms with E-state index in [-0.39, 0.29) is 0 Å². The van der Waals surface area contributed by atoms with Crippen molar-refractivity contribution in [3.63, 3.8) is 0 Å². The number of nitriles is 1. The molecule has 2 aromatic rings. The van der Waals surface area contributed by atoms with Gasteiger partial charge in [-0.2, -0.15) is 5.26 Å². The molecule has 90 valence electrons. The van der Waals surface area contributed by atoms with Crippen LogP contribution in [0.4, 0.5) is 17.2 Å². The Morgan fingerprint density at radius 2 is 2.22 bits per heavy atom. The quantitative estimate of drug-likeness (QED) is 0.867. The highest BCUT2D eigenvalue weighted by atomic mass is 35.5. The molecular formula is C13H11ClN4. The number of rotatable bonds is 2. The van der Waals surface area contributed by atoms with Gasteiger partial charge in [-0.3, -0.25) is 0 Å². The van der Waals surface area contributed by atoms with Crippen LogP contribution >= 0.6 is 11.6 Å². The van der Waals surface area contributed by atoms with Crippen molar-refractivity contribution in [3.8, 4) is 6.07 Å². The molecule has 4 nitrogen and oxygen atoms in total. The van der Waals surface area contributed by atoms with Crippen molar-refractivity contribution in [1.82, 2.24) is 4.98 Å². The number of aromatic nitrogens is 1. The maximum atomic E-state index is 9.13. The summed E-state index contributed by atoms with van der Waals surface area (Å²) in [6.07, 6.45) is 1.50. The molecule has 0 aliphatic rings. The van der Waals surface area contributed by atoms with Gasteiger partial charge in [-0.25, -0.2) is 4.98 Å². The molecule has 0 spiro atoms. The number of benzene rings is 1. The lowest BCUT2D eigenvalue weighted by molar-refractivity contribution is 1.30. The number of halogens is 1. The van der Waals surface area contributed by atoms with Crippen LogP contribution in [0.2, 0.25) is 5.02 Å². The highest BCUT2D eigenvalue weighted by molar-refractivity contribution is 6.30. The molecule has 1 aromatic carbocycles. The molecule has 2 rings (SSSR count). The van der Waals surface area contributed by atoms with Crippen LogP contribution in [-0.2, 0) is 0 Å². The van der Waals surface area contributed by atoms with Crippen molar-refractivity contribution >= 4 is 28.8 Å². The van der Waals surface area contributed by atoms with Gasteiger partial charge in [-0.1, -0.05) is 23.7 Å². The molecule has 1 heterocycles. The molecule has 0 bridgehead atoms. The molecule has 0 aliphatic heterocycles. The van der Waals surface area contributed by atoms with Gasteiger partial charge in [0.05, 0.1) is 22.0 Å². The summed E-state index contributed by atoms with van der Waals surface area (Å²) in [5.41, 5.74) is 8.40. The highest BCUT2D eigenvalue weighted by Gasteiger charge is 2.07. The zero-order chi connectivity index (χ0) is 13.1. The summed E-state index contributed by atoms with van der Waals surface area (Å²) in [4.78, 5) is 4.10. The van der Waals surface area contributed by atoms with Crippen molar-refractivity contribution in [1.29, 1.82) is 5.26 Å². The topological polar surface area (TPSA) is 74.7 Å². The van der Waals surface area contributed by atoms with Gasteiger partial charge in [0, 0.05) is 6.20 Å². The molecule has 0 amide bonds. The molecule has 0 fully saturated rings. The van der Waals surface area contributed by atoms with Crippen LogP contribution in [0.1, 0.15) is 11.1 Å². The SMILES string of the molecule is Cc1cccc(Nc2ncc(Cl)cc2N)c1C#N. The Labute approximate surface area is 110 Å². The van der Waals surface area contributed by atoms with Crippen LogP contribution < -0.4 is 11.1 Å². The molecule has 0 unspecified atom stereocenters. The van der Waals surface area contributed by atoms with E-state index >= 15 is 0 Å². The summed E-state index contributed by atoms with van der Waals surface area (Å²) in [6, 6.07) is 9.32. The fraction of sp³-hybridized carbons (Fsp3) is 0.0769. The number of nitrogens with one attached hydrogen (secondary N) is 1. The molecule has 0 saturated carbocycles. The summed E-state index contributed by atoms with van der Waals surface area (Å²) >= 11 is 5.78. The lowest BCUT2D eigenvalue weighted by Crippen LogP contribution is -2.01. The van der Waals surface area contributed by atoms with Crippen LogP contribution in [0.3, 0.4) is 0 Å². The van der Waals surface area contributed by atoms with Crippen molar-refractivity contribution in [2.24, 2.45) is 0 Å². The van der Waals surface area contributed by atoms with E-state index in [1.54, 1.807) is 12.1 Å². The highest BCUT2D eigenvalue weighted by Crippen LogP contribution is 2.26. The van der Waals surface area contributed by atoms with Gasteiger partial charge in [-0.05, 0) is 24.6 Å². The number of nitrogens with two attached hydrogens (primary N) is 1. The third-order valence-corrected chi connectivity index (χ3v) is 2.73. The summed E-state index contributed by atoms with van der Waals surface area (Å²) in [5.74, 6) is 0.488. The van der Waals surface area contributed by atoms with Crippen LogP contribution in [-0.4, -0.2) is 4.98 Å².